The number of thioether (sulfide) groups is 1. The van der Waals surface area contributed by atoms with Crippen molar-refractivity contribution in [3.63, 3.8) is 0 Å². The van der Waals surface area contributed by atoms with Gasteiger partial charge in [0.1, 0.15) is 0 Å². The minimum Gasteiger partial charge on any atom is -0.356 e. The Morgan fingerprint density at radius 3 is 2.81 bits per heavy atom. The summed E-state index contributed by atoms with van der Waals surface area (Å²) in [6.45, 7) is 1.29. The first-order valence-electron chi connectivity index (χ1n) is 5.88. The minimum atomic E-state index is -0.148. The van der Waals surface area contributed by atoms with Crippen LogP contribution in [-0.2, 0) is 9.59 Å². The highest BCUT2D eigenvalue weighted by atomic mass is 32.2. The molecule has 0 aromatic carbocycles. The van der Waals surface area contributed by atoms with Crippen molar-refractivity contribution in [2.75, 3.05) is 24.6 Å². The van der Waals surface area contributed by atoms with E-state index in [9.17, 15) is 9.59 Å². The summed E-state index contributed by atoms with van der Waals surface area (Å²) in [6.07, 6.45) is 2.76. The molecule has 1 unspecified atom stereocenters. The average molecular weight is 242 g/mol. The molecule has 0 aromatic heterocycles. The van der Waals surface area contributed by atoms with Crippen molar-refractivity contribution in [1.29, 1.82) is 0 Å². The largest absolute Gasteiger partial charge is 0.356 e. The van der Waals surface area contributed by atoms with Gasteiger partial charge in [-0.3, -0.25) is 9.59 Å². The first kappa shape index (κ1) is 11.8. The Bertz CT molecular complexity index is 277. The number of amides is 2. The summed E-state index contributed by atoms with van der Waals surface area (Å²) in [5, 5.41) is 5.66. The van der Waals surface area contributed by atoms with E-state index in [-0.39, 0.29) is 17.7 Å². The first-order chi connectivity index (χ1) is 7.75. The van der Waals surface area contributed by atoms with Crippen LogP contribution in [0.3, 0.4) is 0 Å². The molecule has 0 spiro atoms. The molecule has 90 valence electrons. The van der Waals surface area contributed by atoms with E-state index in [4.69, 9.17) is 0 Å². The van der Waals surface area contributed by atoms with Gasteiger partial charge in [0.2, 0.25) is 11.8 Å². The fourth-order valence-electron chi connectivity index (χ4n) is 2.13. The maximum Gasteiger partial charge on any atom is 0.225 e. The highest BCUT2D eigenvalue weighted by molar-refractivity contribution is 7.99. The van der Waals surface area contributed by atoms with Crippen LogP contribution in [0.25, 0.3) is 0 Å². The Morgan fingerprint density at radius 2 is 2.19 bits per heavy atom. The number of nitrogens with one attached hydrogen (secondary N) is 2. The van der Waals surface area contributed by atoms with Gasteiger partial charge in [-0.1, -0.05) is 0 Å². The summed E-state index contributed by atoms with van der Waals surface area (Å²) in [5.41, 5.74) is 0. The normalized spacial score (nSPS) is 26.5. The second-order valence-electron chi connectivity index (χ2n) is 4.51. The van der Waals surface area contributed by atoms with Gasteiger partial charge >= 0.3 is 0 Å². The summed E-state index contributed by atoms with van der Waals surface area (Å²) in [7, 11) is 0. The van der Waals surface area contributed by atoms with Crippen LogP contribution in [0.2, 0.25) is 0 Å². The highest BCUT2D eigenvalue weighted by Gasteiger charge is 2.28. The summed E-state index contributed by atoms with van der Waals surface area (Å²) < 4.78 is 0. The molecule has 2 rings (SSSR count). The quantitative estimate of drug-likeness (QED) is 0.752. The second-order valence-corrected chi connectivity index (χ2v) is 5.73. The van der Waals surface area contributed by atoms with E-state index in [0.29, 0.717) is 18.9 Å². The van der Waals surface area contributed by atoms with Gasteiger partial charge in [0.15, 0.2) is 0 Å². The minimum absolute atomic E-state index is 0.00536. The molecule has 2 aliphatic rings. The van der Waals surface area contributed by atoms with Crippen LogP contribution in [0.5, 0.6) is 0 Å². The van der Waals surface area contributed by atoms with Gasteiger partial charge in [-0.25, -0.2) is 0 Å². The van der Waals surface area contributed by atoms with Crippen LogP contribution in [0.4, 0.5) is 0 Å². The van der Waals surface area contributed by atoms with Gasteiger partial charge in [-0.15, -0.1) is 0 Å². The highest BCUT2D eigenvalue weighted by Crippen LogP contribution is 2.22. The SMILES string of the molecule is O=C1CC(C(=O)NCC2CCSCC2)CN1. The topological polar surface area (TPSA) is 58.2 Å². The summed E-state index contributed by atoms with van der Waals surface area (Å²) in [5.74, 6) is 2.94. The van der Waals surface area contributed by atoms with Crippen LogP contribution in [-0.4, -0.2) is 36.4 Å². The molecule has 0 aromatic rings. The lowest BCUT2D eigenvalue weighted by Gasteiger charge is -2.22. The molecular weight excluding hydrogens is 224 g/mol. The van der Waals surface area contributed by atoms with E-state index < -0.39 is 0 Å². The maximum absolute atomic E-state index is 11.7. The molecule has 1 atom stereocenters. The number of carbonyl (C=O) groups excluding carboxylic acids is 2. The zero-order valence-corrected chi connectivity index (χ0v) is 10.1. The van der Waals surface area contributed by atoms with Gasteiger partial charge in [0.05, 0.1) is 5.92 Å². The fourth-order valence-corrected chi connectivity index (χ4v) is 3.33. The lowest BCUT2D eigenvalue weighted by Crippen LogP contribution is -2.36. The molecule has 4 nitrogen and oxygen atoms in total. The number of hydrogen-bond acceptors (Lipinski definition) is 3. The monoisotopic (exact) mass is 242 g/mol. The molecule has 16 heavy (non-hydrogen) atoms. The van der Waals surface area contributed by atoms with Gasteiger partial charge in [0, 0.05) is 19.5 Å². The Balaban J connectivity index is 1.68. The Morgan fingerprint density at radius 1 is 1.44 bits per heavy atom. The van der Waals surface area contributed by atoms with Crippen LogP contribution in [0.1, 0.15) is 19.3 Å². The molecule has 2 N–H and O–H groups in total. The van der Waals surface area contributed by atoms with E-state index in [2.05, 4.69) is 10.6 Å². The molecule has 0 saturated carbocycles. The van der Waals surface area contributed by atoms with Gasteiger partial charge in [0.25, 0.3) is 0 Å². The molecule has 2 heterocycles. The number of rotatable bonds is 3. The maximum atomic E-state index is 11.7. The fraction of sp³-hybridized carbons (Fsp3) is 0.818. The third kappa shape index (κ3) is 3.14. The van der Waals surface area contributed by atoms with Crippen LogP contribution in [0.15, 0.2) is 0 Å². The van der Waals surface area contributed by atoms with Gasteiger partial charge in [-0.2, -0.15) is 11.8 Å². The molecule has 2 saturated heterocycles. The summed E-state index contributed by atoms with van der Waals surface area (Å²) >= 11 is 1.99. The first-order valence-corrected chi connectivity index (χ1v) is 7.03. The van der Waals surface area contributed by atoms with Crippen LogP contribution >= 0.6 is 11.8 Å². The van der Waals surface area contributed by atoms with E-state index in [0.717, 1.165) is 6.54 Å². The standard InChI is InChI=1S/C11H18N2O2S/c14-10-5-9(7-12-10)11(15)13-6-8-1-3-16-4-2-8/h8-9H,1-7H2,(H,12,14)(H,13,15). The second kappa shape index (κ2) is 5.57. The van der Waals surface area contributed by atoms with Crippen molar-refractivity contribution in [3.8, 4) is 0 Å². The Hall–Kier alpha value is -0.710. The average Bonchev–Trinajstić information content (AvgIpc) is 2.74. The van der Waals surface area contributed by atoms with E-state index in [1.54, 1.807) is 0 Å². The van der Waals surface area contributed by atoms with Crippen LogP contribution in [0, 0.1) is 11.8 Å². The molecule has 0 bridgehead atoms. The molecule has 5 heteroatoms. The van der Waals surface area contributed by atoms with Gasteiger partial charge < -0.3 is 10.6 Å². The Labute approximate surface area is 99.9 Å². The summed E-state index contributed by atoms with van der Waals surface area (Å²) in [4.78, 5) is 22.7. The van der Waals surface area contributed by atoms with E-state index >= 15 is 0 Å². The van der Waals surface area contributed by atoms with Crippen molar-refractivity contribution in [3.05, 3.63) is 0 Å². The van der Waals surface area contributed by atoms with Crippen LogP contribution < -0.4 is 10.6 Å². The number of hydrogen-bond donors (Lipinski definition) is 2. The predicted molar refractivity (Wildman–Crippen MR) is 64.2 cm³/mol. The third-order valence-corrected chi connectivity index (χ3v) is 4.30. The Kier molecular flexibility index (Phi) is 4.09. The third-order valence-electron chi connectivity index (χ3n) is 3.25. The zero-order valence-electron chi connectivity index (χ0n) is 9.33. The van der Waals surface area contributed by atoms with E-state index in [1.807, 2.05) is 11.8 Å². The van der Waals surface area contributed by atoms with Crippen molar-refractivity contribution < 1.29 is 9.59 Å². The number of carbonyl (C=O) groups is 2. The van der Waals surface area contributed by atoms with Crippen molar-refractivity contribution in [2.24, 2.45) is 11.8 Å². The van der Waals surface area contributed by atoms with E-state index in [1.165, 1.54) is 24.3 Å². The van der Waals surface area contributed by atoms with Crippen molar-refractivity contribution in [1.82, 2.24) is 10.6 Å². The molecule has 0 aliphatic carbocycles. The lowest BCUT2D eigenvalue weighted by atomic mass is 10.0. The van der Waals surface area contributed by atoms with Crippen molar-refractivity contribution in [2.45, 2.75) is 19.3 Å². The zero-order chi connectivity index (χ0) is 11.4. The molecule has 2 fully saturated rings. The molecule has 2 amide bonds. The summed E-state index contributed by atoms with van der Waals surface area (Å²) in [6, 6.07) is 0. The lowest BCUT2D eigenvalue weighted by molar-refractivity contribution is -0.126. The molecular formula is C11H18N2O2S. The molecule has 2 aliphatic heterocycles. The smallest absolute Gasteiger partial charge is 0.225 e. The van der Waals surface area contributed by atoms with Gasteiger partial charge in [-0.05, 0) is 30.3 Å². The predicted octanol–water partition coefficient (Wildman–Crippen LogP) is 0.382. The molecule has 0 radical (unpaired) electrons. The van der Waals surface area contributed by atoms with Crippen molar-refractivity contribution >= 4 is 23.6 Å².